The molecule has 26 heavy (non-hydrogen) atoms. The van der Waals surface area contributed by atoms with Crippen LogP contribution in [0.4, 0.5) is 16.2 Å². The van der Waals surface area contributed by atoms with Crippen molar-refractivity contribution < 1.29 is 14.3 Å². The second-order valence-electron chi connectivity index (χ2n) is 6.00. The average molecular weight is 355 g/mol. The Balaban J connectivity index is 1.55. The quantitative estimate of drug-likeness (QED) is 0.781. The van der Waals surface area contributed by atoms with Gasteiger partial charge in [0.2, 0.25) is 0 Å². The van der Waals surface area contributed by atoms with Crippen LogP contribution in [0.15, 0.2) is 48.5 Å². The van der Waals surface area contributed by atoms with Crippen molar-refractivity contribution in [3.8, 4) is 5.75 Å². The van der Waals surface area contributed by atoms with Crippen LogP contribution in [-0.4, -0.2) is 39.1 Å². The Bertz CT molecular complexity index is 730. The number of hydrogen-bond donors (Lipinski definition) is 2. The van der Waals surface area contributed by atoms with Crippen molar-refractivity contribution in [3.05, 3.63) is 54.1 Å². The number of aryl methyl sites for hydroxylation is 1. The predicted octanol–water partition coefficient (Wildman–Crippen LogP) is 3.24. The van der Waals surface area contributed by atoms with Crippen LogP contribution >= 0.6 is 0 Å². The normalized spacial score (nSPS) is 14.0. The van der Waals surface area contributed by atoms with E-state index in [-0.39, 0.29) is 12.8 Å². The number of carbonyl (C=O) groups excluding carboxylic acids is 1. The van der Waals surface area contributed by atoms with Crippen molar-refractivity contribution >= 4 is 17.4 Å². The second-order valence-corrected chi connectivity index (χ2v) is 6.00. The molecule has 1 fully saturated rings. The molecule has 2 N–H and O–H groups in total. The lowest BCUT2D eigenvalue weighted by Gasteiger charge is -2.30. The van der Waals surface area contributed by atoms with Gasteiger partial charge in [-0.15, -0.1) is 0 Å². The standard InChI is InChI=1S/C20H25N3O3/c1-2-16-7-3-6-10-19(16)26-15-21-20(24)22-17-8-4-5-9-18(17)23-11-13-25-14-12-23/h3-10H,2,11-15H2,1H3,(H2,21,22,24). The summed E-state index contributed by atoms with van der Waals surface area (Å²) in [6.45, 7) is 5.22. The van der Waals surface area contributed by atoms with Gasteiger partial charge in [-0.1, -0.05) is 37.3 Å². The Morgan fingerprint density at radius 1 is 1.12 bits per heavy atom. The Kier molecular flexibility index (Phi) is 6.33. The average Bonchev–Trinajstić information content (AvgIpc) is 2.69. The van der Waals surface area contributed by atoms with E-state index >= 15 is 0 Å². The molecule has 2 amide bonds. The number of benzene rings is 2. The molecular weight excluding hydrogens is 330 g/mol. The number of carbonyl (C=O) groups is 1. The number of rotatable bonds is 6. The third-order valence-corrected chi connectivity index (χ3v) is 4.32. The maximum atomic E-state index is 12.2. The molecule has 6 nitrogen and oxygen atoms in total. The van der Waals surface area contributed by atoms with Crippen LogP contribution in [0.3, 0.4) is 0 Å². The highest BCUT2D eigenvalue weighted by atomic mass is 16.5. The topological polar surface area (TPSA) is 62.8 Å². The molecule has 0 aromatic heterocycles. The van der Waals surface area contributed by atoms with E-state index in [0.717, 1.165) is 42.2 Å². The summed E-state index contributed by atoms with van der Waals surface area (Å²) in [4.78, 5) is 14.5. The van der Waals surface area contributed by atoms with Gasteiger partial charge in [0.15, 0.2) is 6.73 Å². The van der Waals surface area contributed by atoms with Crippen LogP contribution in [0.1, 0.15) is 12.5 Å². The third-order valence-electron chi connectivity index (χ3n) is 4.32. The van der Waals surface area contributed by atoms with E-state index in [1.165, 1.54) is 0 Å². The Hall–Kier alpha value is -2.73. The van der Waals surface area contributed by atoms with Gasteiger partial charge >= 0.3 is 6.03 Å². The van der Waals surface area contributed by atoms with E-state index in [4.69, 9.17) is 9.47 Å². The van der Waals surface area contributed by atoms with Gasteiger partial charge in [-0.05, 0) is 30.2 Å². The molecule has 0 saturated carbocycles. The second kappa shape index (κ2) is 9.10. The Morgan fingerprint density at radius 3 is 2.65 bits per heavy atom. The number of amides is 2. The summed E-state index contributed by atoms with van der Waals surface area (Å²) < 4.78 is 11.1. The summed E-state index contributed by atoms with van der Waals surface area (Å²) in [5.74, 6) is 0.795. The molecule has 1 aliphatic rings. The molecule has 6 heteroatoms. The number of hydrogen-bond acceptors (Lipinski definition) is 4. The summed E-state index contributed by atoms with van der Waals surface area (Å²) >= 11 is 0. The molecule has 1 heterocycles. The molecular formula is C20H25N3O3. The van der Waals surface area contributed by atoms with E-state index < -0.39 is 0 Å². The minimum atomic E-state index is -0.292. The molecule has 0 bridgehead atoms. The molecule has 0 aliphatic carbocycles. The molecule has 138 valence electrons. The largest absolute Gasteiger partial charge is 0.473 e. The van der Waals surface area contributed by atoms with E-state index in [1.54, 1.807) is 0 Å². The highest BCUT2D eigenvalue weighted by Crippen LogP contribution is 2.26. The molecule has 2 aromatic rings. The van der Waals surface area contributed by atoms with Gasteiger partial charge in [0.05, 0.1) is 24.6 Å². The summed E-state index contributed by atoms with van der Waals surface area (Å²) in [6.07, 6.45) is 0.884. The smallest absolute Gasteiger partial charge is 0.321 e. The summed E-state index contributed by atoms with van der Waals surface area (Å²) in [7, 11) is 0. The van der Waals surface area contributed by atoms with Crippen LogP contribution < -0.4 is 20.3 Å². The number of anilines is 2. The highest BCUT2D eigenvalue weighted by molar-refractivity contribution is 5.93. The number of para-hydroxylation sites is 3. The van der Waals surface area contributed by atoms with Crippen molar-refractivity contribution in [2.24, 2.45) is 0 Å². The first kappa shape index (κ1) is 18.1. The number of ether oxygens (including phenoxy) is 2. The first-order valence-corrected chi connectivity index (χ1v) is 8.95. The number of nitrogens with zero attached hydrogens (tertiary/aromatic N) is 1. The minimum Gasteiger partial charge on any atom is -0.473 e. The van der Waals surface area contributed by atoms with E-state index in [1.807, 2.05) is 48.5 Å². The van der Waals surface area contributed by atoms with E-state index in [0.29, 0.717) is 13.2 Å². The lowest BCUT2D eigenvalue weighted by atomic mass is 10.1. The first-order valence-electron chi connectivity index (χ1n) is 8.95. The fourth-order valence-electron chi connectivity index (χ4n) is 2.94. The minimum absolute atomic E-state index is 0.114. The van der Waals surface area contributed by atoms with Crippen molar-refractivity contribution in [1.82, 2.24) is 5.32 Å². The van der Waals surface area contributed by atoms with Gasteiger partial charge < -0.3 is 25.0 Å². The van der Waals surface area contributed by atoms with Crippen molar-refractivity contribution in [3.63, 3.8) is 0 Å². The van der Waals surface area contributed by atoms with Crippen molar-refractivity contribution in [1.29, 1.82) is 0 Å². The fraction of sp³-hybridized carbons (Fsp3) is 0.350. The third kappa shape index (κ3) is 4.67. The first-order chi connectivity index (χ1) is 12.8. The predicted molar refractivity (Wildman–Crippen MR) is 103 cm³/mol. The molecule has 0 unspecified atom stereocenters. The molecule has 0 atom stereocenters. The number of urea groups is 1. The van der Waals surface area contributed by atoms with Gasteiger partial charge in [0.25, 0.3) is 0 Å². The maximum absolute atomic E-state index is 12.2. The van der Waals surface area contributed by atoms with Gasteiger partial charge in [0.1, 0.15) is 5.75 Å². The van der Waals surface area contributed by atoms with Gasteiger partial charge in [-0.25, -0.2) is 4.79 Å². The van der Waals surface area contributed by atoms with Crippen molar-refractivity contribution in [2.75, 3.05) is 43.3 Å². The number of morpholine rings is 1. The zero-order valence-corrected chi connectivity index (χ0v) is 15.0. The summed E-state index contributed by atoms with van der Waals surface area (Å²) in [5, 5.41) is 5.66. The lowest BCUT2D eigenvalue weighted by Crippen LogP contribution is -2.37. The van der Waals surface area contributed by atoms with Crippen LogP contribution in [0, 0.1) is 0 Å². The summed E-state index contributed by atoms with van der Waals surface area (Å²) in [5.41, 5.74) is 2.90. The van der Waals surface area contributed by atoms with Crippen LogP contribution in [-0.2, 0) is 11.2 Å². The van der Waals surface area contributed by atoms with Crippen LogP contribution in [0.2, 0.25) is 0 Å². The Morgan fingerprint density at radius 2 is 1.85 bits per heavy atom. The molecule has 0 radical (unpaired) electrons. The van der Waals surface area contributed by atoms with Gasteiger partial charge in [0, 0.05) is 13.1 Å². The molecule has 2 aromatic carbocycles. The summed E-state index contributed by atoms with van der Waals surface area (Å²) in [6, 6.07) is 15.3. The SMILES string of the molecule is CCc1ccccc1OCNC(=O)Nc1ccccc1N1CCOCC1. The molecule has 3 rings (SSSR count). The number of nitrogens with one attached hydrogen (secondary N) is 2. The molecule has 1 aliphatic heterocycles. The van der Waals surface area contributed by atoms with Crippen LogP contribution in [0.5, 0.6) is 5.75 Å². The zero-order chi connectivity index (χ0) is 18.2. The van der Waals surface area contributed by atoms with Crippen molar-refractivity contribution in [2.45, 2.75) is 13.3 Å². The van der Waals surface area contributed by atoms with E-state index in [9.17, 15) is 4.79 Å². The van der Waals surface area contributed by atoms with E-state index in [2.05, 4.69) is 22.5 Å². The highest BCUT2D eigenvalue weighted by Gasteiger charge is 2.15. The van der Waals surface area contributed by atoms with Crippen LogP contribution in [0.25, 0.3) is 0 Å². The lowest BCUT2D eigenvalue weighted by molar-refractivity contribution is 0.123. The Labute approximate surface area is 154 Å². The molecule has 0 spiro atoms. The molecule has 1 saturated heterocycles. The fourth-order valence-corrected chi connectivity index (χ4v) is 2.94. The maximum Gasteiger partial charge on any atom is 0.321 e. The monoisotopic (exact) mass is 355 g/mol. The zero-order valence-electron chi connectivity index (χ0n) is 15.0. The van der Waals surface area contributed by atoms with Gasteiger partial charge in [-0.3, -0.25) is 0 Å². The van der Waals surface area contributed by atoms with Gasteiger partial charge in [-0.2, -0.15) is 0 Å².